The number of piperidine rings is 1. The van der Waals surface area contributed by atoms with Crippen LogP contribution in [0, 0.1) is 6.92 Å². The zero-order chi connectivity index (χ0) is 15.4. The van der Waals surface area contributed by atoms with Crippen LogP contribution in [0.15, 0.2) is 24.3 Å². The predicted octanol–water partition coefficient (Wildman–Crippen LogP) is 2.99. The van der Waals surface area contributed by atoms with E-state index in [4.69, 9.17) is 0 Å². The number of hydrogen-bond acceptors (Lipinski definition) is 3. The second-order valence-electron chi connectivity index (χ2n) is 6.88. The van der Waals surface area contributed by atoms with Gasteiger partial charge in [0.15, 0.2) is 0 Å². The van der Waals surface area contributed by atoms with E-state index in [1.54, 1.807) is 0 Å². The van der Waals surface area contributed by atoms with Crippen molar-refractivity contribution in [2.45, 2.75) is 39.2 Å². The largest absolute Gasteiger partial charge is 0.369 e. The van der Waals surface area contributed by atoms with Gasteiger partial charge in [0, 0.05) is 37.9 Å². The van der Waals surface area contributed by atoms with E-state index in [0.29, 0.717) is 0 Å². The third-order valence-corrected chi connectivity index (χ3v) is 5.38. The summed E-state index contributed by atoms with van der Waals surface area (Å²) in [5.41, 5.74) is 2.84. The normalized spacial score (nSPS) is 22.2. The van der Waals surface area contributed by atoms with Crippen molar-refractivity contribution in [2.75, 3.05) is 50.7 Å². The molecule has 0 amide bonds. The quantitative estimate of drug-likeness (QED) is 0.846. The number of anilines is 1. The van der Waals surface area contributed by atoms with Gasteiger partial charge in [-0.25, -0.2) is 0 Å². The monoisotopic (exact) mass is 301 g/mol. The number of nitrogens with zero attached hydrogens (tertiary/aromatic N) is 3. The van der Waals surface area contributed by atoms with Gasteiger partial charge in [0.05, 0.1) is 0 Å². The van der Waals surface area contributed by atoms with E-state index in [1.165, 1.54) is 76.3 Å². The molecule has 1 aromatic rings. The lowest BCUT2D eigenvalue weighted by molar-refractivity contribution is 0.103. The minimum Gasteiger partial charge on any atom is -0.369 e. The number of benzene rings is 1. The molecule has 2 saturated heterocycles. The summed E-state index contributed by atoms with van der Waals surface area (Å²) in [6.07, 6.45) is 4.02. The fourth-order valence-electron chi connectivity index (χ4n) is 4.07. The third-order valence-electron chi connectivity index (χ3n) is 5.38. The molecule has 2 aliphatic heterocycles. The molecule has 22 heavy (non-hydrogen) atoms. The highest BCUT2D eigenvalue weighted by atomic mass is 15.3. The molecular weight excluding hydrogens is 270 g/mol. The van der Waals surface area contributed by atoms with Crippen LogP contribution in [0.1, 0.15) is 31.7 Å². The Balaban J connectivity index is 1.49. The molecule has 2 fully saturated rings. The topological polar surface area (TPSA) is 9.72 Å². The Hall–Kier alpha value is -1.06. The highest BCUT2D eigenvalue weighted by Gasteiger charge is 2.27. The van der Waals surface area contributed by atoms with Gasteiger partial charge in [0.25, 0.3) is 0 Å². The summed E-state index contributed by atoms with van der Waals surface area (Å²) < 4.78 is 0. The highest BCUT2D eigenvalue weighted by Crippen LogP contribution is 2.23. The highest BCUT2D eigenvalue weighted by molar-refractivity contribution is 5.53. The molecule has 2 aliphatic rings. The Bertz CT molecular complexity index is 458. The average Bonchev–Trinajstić information content (AvgIpc) is 2.57. The lowest BCUT2D eigenvalue weighted by Gasteiger charge is -2.43. The molecule has 0 bridgehead atoms. The van der Waals surface area contributed by atoms with Crippen LogP contribution in [0.2, 0.25) is 0 Å². The Morgan fingerprint density at radius 1 is 0.955 bits per heavy atom. The summed E-state index contributed by atoms with van der Waals surface area (Å²) in [4.78, 5) is 7.95. The summed E-state index contributed by atoms with van der Waals surface area (Å²) in [5.74, 6) is 0. The summed E-state index contributed by atoms with van der Waals surface area (Å²) in [5, 5.41) is 0. The maximum atomic E-state index is 2.75. The molecule has 3 rings (SSSR count). The molecule has 122 valence electrons. The summed E-state index contributed by atoms with van der Waals surface area (Å²) in [7, 11) is 0. The molecule has 3 heteroatoms. The number of likely N-dealkylation sites (tertiary alicyclic amines) is 1. The van der Waals surface area contributed by atoms with Crippen molar-refractivity contribution in [3.63, 3.8) is 0 Å². The number of hydrogen-bond donors (Lipinski definition) is 0. The van der Waals surface area contributed by atoms with Crippen molar-refractivity contribution in [1.29, 1.82) is 0 Å². The smallest absolute Gasteiger partial charge is 0.0396 e. The van der Waals surface area contributed by atoms with Crippen LogP contribution in [-0.2, 0) is 0 Å². The first-order valence-corrected chi connectivity index (χ1v) is 9.05. The van der Waals surface area contributed by atoms with Crippen LogP contribution in [0.3, 0.4) is 0 Å². The molecule has 0 N–H and O–H groups in total. The van der Waals surface area contributed by atoms with Gasteiger partial charge < -0.3 is 9.80 Å². The van der Waals surface area contributed by atoms with Crippen LogP contribution < -0.4 is 4.90 Å². The number of piperazine rings is 1. The van der Waals surface area contributed by atoms with Crippen molar-refractivity contribution in [1.82, 2.24) is 9.80 Å². The average molecular weight is 301 g/mol. The summed E-state index contributed by atoms with van der Waals surface area (Å²) in [6.45, 7) is 13.2. The second kappa shape index (κ2) is 7.47. The minimum atomic E-state index is 0.826. The molecular formula is C19H31N3. The zero-order valence-electron chi connectivity index (χ0n) is 14.3. The van der Waals surface area contributed by atoms with Crippen LogP contribution in [0.4, 0.5) is 5.69 Å². The molecule has 0 saturated carbocycles. The van der Waals surface area contributed by atoms with E-state index in [2.05, 4.69) is 52.8 Å². The van der Waals surface area contributed by atoms with Crippen LogP contribution >= 0.6 is 0 Å². The van der Waals surface area contributed by atoms with Gasteiger partial charge in [0.1, 0.15) is 0 Å². The maximum Gasteiger partial charge on any atom is 0.0396 e. The van der Waals surface area contributed by atoms with Gasteiger partial charge in [0.2, 0.25) is 0 Å². The van der Waals surface area contributed by atoms with Gasteiger partial charge in [-0.2, -0.15) is 0 Å². The van der Waals surface area contributed by atoms with Crippen molar-refractivity contribution in [2.24, 2.45) is 0 Å². The Morgan fingerprint density at radius 2 is 1.64 bits per heavy atom. The first kappa shape index (κ1) is 15.8. The zero-order valence-corrected chi connectivity index (χ0v) is 14.3. The number of para-hydroxylation sites is 1. The van der Waals surface area contributed by atoms with E-state index in [-0.39, 0.29) is 0 Å². The fraction of sp³-hybridized carbons (Fsp3) is 0.684. The Morgan fingerprint density at radius 3 is 2.27 bits per heavy atom. The van der Waals surface area contributed by atoms with Gasteiger partial charge in [-0.05, 0) is 57.5 Å². The first-order chi connectivity index (χ1) is 10.8. The number of rotatable bonds is 4. The molecule has 2 heterocycles. The number of aryl methyl sites for hydroxylation is 1. The molecule has 0 unspecified atom stereocenters. The summed E-state index contributed by atoms with van der Waals surface area (Å²) in [6, 6.07) is 9.63. The maximum absolute atomic E-state index is 2.75. The lowest BCUT2D eigenvalue weighted by Crippen LogP contribution is -2.53. The van der Waals surface area contributed by atoms with E-state index >= 15 is 0 Å². The Kier molecular flexibility index (Phi) is 5.37. The van der Waals surface area contributed by atoms with Crippen LogP contribution in [0.5, 0.6) is 0 Å². The van der Waals surface area contributed by atoms with Gasteiger partial charge >= 0.3 is 0 Å². The van der Waals surface area contributed by atoms with Crippen molar-refractivity contribution in [3.05, 3.63) is 29.8 Å². The Labute approximate surface area is 135 Å². The van der Waals surface area contributed by atoms with E-state index in [0.717, 1.165) is 6.04 Å². The molecule has 3 nitrogen and oxygen atoms in total. The predicted molar refractivity (Wildman–Crippen MR) is 94.7 cm³/mol. The summed E-state index contributed by atoms with van der Waals surface area (Å²) >= 11 is 0. The van der Waals surface area contributed by atoms with E-state index in [9.17, 15) is 0 Å². The molecule has 0 spiro atoms. The first-order valence-electron chi connectivity index (χ1n) is 9.05. The SMILES string of the molecule is CCCN1CCC(N2CCN(c3ccccc3C)CC2)CC1. The van der Waals surface area contributed by atoms with Gasteiger partial charge in [-0.3, -0.25) is 4.90 Å². The molecule has 0 aromatic heterocycles. The standard InChI is InChI=1S/C19H31N3/c1-3-10-20-11-8-18(9-12-20)21-13-15-22(16-14-21)19-7-5-4-6-17(19)2/h4-7,18H,3,8-16H2,1-2H3. The molecule has 1 aromatic carbocycles. The van der Waals surface area contributed by atoms with Crippen molar-refractivity contribution >= 4 is 5.69 Å². The second-order valence-corrected chi connectivity index (χ2v) is 6.88. The van der Waals surface area contributed by atoms with Crippen LogP contribution in [-0.4, -0.2) is 61.7 Å². The molecule has 0 aliphatic carbocycles. The third kappa shape index (κ3) is 3.64. The van der Waals surface area contributed by atoms with Crippen LogP contribution in [0.25, 0.3) is 0 Å². The minimum absolute atomic E-state index is 0.826. The fourth-order valence-corrected chi connectivity index (χ4v) is 4.07. The molecule has 0 atom stereocenters. The van der Waals surface area contributed by atoms with E-state index in [1.807, 2.05) is 0 Å². The van der Waals surface area contributed by atoms with Gasteiger partial charge in [-0.15, -0.1) is 0 Å². The molecule has 0 radical (unpaired) electrons. The van der Waals surface area contributed by atoms with Crippen molar-refractivity contribution < 1.29 is 0 Å². The lowest BCUT2D eigenvalue weighted by atomic mass is 10.0. The van der Waals surface area contributed by atoms with Crippen molar-refractivity contribution in [3.8, 4) is 0 Å². The van der Waals surface area contributed by atoms with E-state index < -0.39 is 0 Å². The van der Waals surface area contributed by atoms with Gasteiger partial charge in [-0.1, -0.05) is 25.1 Å².